The number of nitrogens with two attached hydrogens (primary N) is 1. The van der Waals surface area contributed by atoms with Gasteiger partial charge in [-0.15, -0.1) is 0 Å². The first kappa shape index (κ1) is 8.10. The Hall–Kier alpha value is -1.51. The lowest BCUT2D eigenvalue weighted by Crippen LogP contribution is -2.20. The maximum atomic E-state index is 5.67. The van der Waals surface area contributed by atoms with Gasteiger partial charge in [-0.1, -0.05) is 12.1 Å². The van der Waals surface area contributed by atoms with E-state index in [0.717, 1.165) is 31.0 Å². The number of aliphatic imine (C=N–C) groups is 1. The van der Waals surface area contributed by atoms with Crippen molar-refractivity contribution in [3.8, 4) is 0 Å². The normalized spacial score (nSPS) is 15.2. The first-order valence-electron chi connectivity index (χ1n) is 4.46. The van der Waals surface area contributed by atoms with Gasteiger partial charge < -0.3 is 11.1 Å². The molecule has 0 bridgehead atoms. The first-order valence-corrected chi connectivity index (χ1v) is 4.46. The zero-order valence-electron chi connectivity index (χ0n) is 7.46. The molecule has 0 saturated carbocycles. The molecule has 1 aromatic carbocycles. The molecule has 3 N–H and O–H groups in total. The molecule has 0 radical (unpaired) electrons. The highest BCUT2D eigenvalue weighted by Crippen LogP contribution is 2.07. The number of rotatable bonds is 2. The van der Waals surface area contributed by atoms with E-state index in [1.54, 1.807) is 0 Å². The summed E-state index contributed by atoms with van der Waals surface area (Å²) in [6.07, 6.45) is 0.866. The molecule has 0 amide bonds. The SMILES string of the molecule is Nc1cccc(CC2=NCCN2)c1. The highest BCUT2D eigenvalue weighted by atomic mass is 15.1. The number of anilines is 1. The van der Waals surface area contributed by atoms with Crippen molar-refractivity contribution in [3.05, 3.63) is 29.8 Å². The minimum absolute atomic E-state index is 0.816. The van der Waals surface area contributed by atoms with Crippen molar-refractivity contribution in [1.82, 2.24) is 5.32 Å². The van der Waals surface area contributed by atoms with E-state index in [9.17, 15) is 0 Å². The second-order valence-electron chi connectivity index (χ2n) is 3.18. The minimum Gasteiger partial charge on any atom is -0.399 e. The maximum absolute atomic E-state index is 5.67. The van der Waals surface area contributed by atoms with Crippen LogP contribution in [0.2, 0.25) is 0 Å². The number of hydrogen-bond donors (Lipinski definition) is 2. The average molecular weight is 175 g/mol. The van der Waals surface area contributed by atoms with Crippen molar-refractivity contribution in [2.45, 2.75) is 6.42 Å². The fourth-order valence-electron chi connectivity index (χ4n) is 1.46. The van der Waals surface area contributed by atoms with Crippen LogP contribution in [0.3, 0.4) is 0 Å². The number of nitrogens with zero attached hydrogens (tertiary/aromatic N) is 1. The molecule has 3 heteroatoms. The summed E-state index contributed by atoms with van der Waals surface area (Å²) < 4.78 is 0. The largest absolute Gasteiger partial charge is 0.399 e. The van der Waals surface area contributed by atoms with Gasteiger partial charge in [0.1, 0.15) is 5.84 Å². The molecule has 1 heterocycles. The van der Waals surface area contributed by atoms with Crippen molar-refractivity contribution >= 4 is 11.5 Å². The Bertz CT molecular complexity index is 331. The van der Waals surface area contributed by atoms with E-state index in [1.165, 1.54) is 5.56 Å². The smallest absolute Gasteiger partial charge is 0.101 e. The quantitative estimate of drug-likeness (QED) is 0.654. The molecule has 0 fully saturated rings. The monoisotopic (exact) mass is 175 g/mol. The molecule has 1 aromatic rings. The van der Waals surface area contributed by atoms with E-state index in [2.05, 4.69) is 16.4 Å². The molecule has 0 unspecified atom stereocenters. The Balaban J connectivity index is 2.09. The van der Waals surface area contributed by atoms with Crippen LogP contribution in [0.15, 0.2) is 29.3 Å². The zero-order valence-corrected chi connectivity index (χ0v) is 7.46. The van der Waals surface area contributed by atoms with E-state index < -0.39 is 0 Å². The zero-order chi connectivity index (χ0) is 9.10. The molecule has 68 valence electrons. The van der Waals surface area contributed by atoms with Gasteiger partial charge in [-0.2, -0.15) is 0 Å². The van der Waals surface area contributed by atoms with E-state index in [-0.39, 0.29) is 0 Å². The van der Waals surface area contributed by atoms with E-state index in [1.807, 2.05) is 18.2 Å². The Morgan fingerprint density at radius 1 is 1.46 bits per heavy atom. The predicted octanol–water partition coefficient (Wildman–Crippen LogP) is 0.813. The van der Waals surface area contributed by atoms with Crippen LogP contribution in [-0.2, 0) is 6.42 Å². The summed E-state index contributed by atoms with van der Waals surface area (Å²) in [4.78, 5) is 4.33. The summed E-state index contributed by atoms with van der Waals surface area (Å²) in [7, 11) is 0. The molecule has 13 heavy (non-hydrogen) atoms. The summed E-state index contributed by atoms with van der Waals surface area (Å²) >= 11 is 0. The van der Waals surface area contributed by atoms with E-state index in [0.29, 0.717) is 0 Å². The fourth-order valence-corrected chi connectivity index (χ4v) is 1.46. The summed E-state index contributed by atoms with van der Waals surface area (Å²) in [5, 5.41) is 3.23. The third kappa shape index (κ3) is 1.99. The third-order valence-electron chi connectivity index (χ3n) is 2.07. The second-order valence-corrected chi connectivity index (χ2v) is 3.18. The number of benzene rings is 1. The van der Waals surface area contributed by atoms with Crippen molar-refractivity contribution in [1.29, 1.82) is 0 Å². The van der Waals surface area contributed by atoms with Gasteiger partial charge in [-0.3, -0.25) is 4.99 Å². The highest BCUT2D eigenvalue weighted by molar-refractivity contribution is 5.85. The Morgan fingerprint density at radius 3 is 3.08 bits per heavy atom. The van der Waals surface area contributed by atoms with Crippen LogP contribution in [0.5, 0.6) is 0 Å². The molecule has 1 aliphatic rings. The fraction of sp³-hybridized carbons (Fsp3) is 0.300. The number of nitrogen functional groups attached to an aromatic ring is 1. The molecule has 3 nitrogen and oxygen atoms in total. The van der Waals surface area contributed by atoms with Crippen LogP contribution < -0.4 is 11.1 Å². The summed E-state index contributed by atoms with van der Waals surface area (Å²) in [6, 6.07) is 7.93. The lowest BCUT2D eigenvalue weighted by molar-refractivity contribution is 0.953. The number of nitrogens with one attached hydrogen (secondary N) is 1. The topological polar surface area (TPSA) is 50.4 Å². The van der Waals surface area contributed by atoms with E-state index in [4.69, 9.17) is 5.73 Å². The number of amidine groups is 1. The Labute approximate surface area is 77.7 Å². The van der Waals surface area contributed by atoms with Gasteiger partial charge in [-0.25, -0.2) is 0 Å². The lowest BCUT2D eigenvalue weighted by Gasteiger charge is -2.02. The van der Waals surface area contributed by atoms with Gasteiger partial charge in [0, 0.05) is 18.7 Å². The predicted molar refractivity (Wildman–Crippen MR) is 54.9 cm³/mol. The first-order chi connectivity index (χ1) is 6.34. The van der Waals surface area contributed by atoms with Crippen LogP contribution >= 0.6 is 0 Å². The van der Waals surface area contributed by atoms with Crippen molar-refractivity contribution in [2.75, 3.05) is 18.8 Å². The van der Waals surface area contributed by atoms with Gasteiger partial charge >= 0.3 is 0 Å². The van der Waals surface area contributed by atoms with Crippen LogP contribution in [0.4, 0.5) is 5.69 Å². The molecule has 0 saturated heterocycles. The Morgan fingerprint density at radius 2 is 2.38 bits per heavy atom. The second kappa shape index (κ2) is 3.47. The molecule has 0 aromatic heterocycles. The molecule has 2 rings (SSSR count). The molecule has 0 spiro atoms. The number of hydrogen-bond acceptors (Lipinski definition) is 3. The molecule has 0 atom stereocenters. The summed E-state index contributed by atoms with van der Waals surface area (Å²) in [5.41, 5.74) is 7.70. The molecular weight excluding hydrogens is 162 g/mol. The van der Waals surface area contributed by atoms with Crippen LogP contribution in [-0.4, -0.2) is 18.9 Å². The van der Waals surface area contributed by atoms with Crippen molar-refractivity contribution in [2.24, 2.45) is 4.99 Å². The molecule has 0 aliphatic carbocycles. The highest BCUT2D eigenvalue weighted by Gasteiger charge is 2.05. The van der Waals surface area contributed by atoms with Gasteiger partial charge in [0.2, 0.25) is 0 Å². The minimum atomic E-state index is 0.816. The van der Waals surface area contributed by atoms with Crippen molar-refractivity contribution in [3.63, 3.8) is 0 Å². The molecular formula is C10H13N3. The maximum Gasteiger partial charge on any atom is 0.101 e. The standard InChI is InChI=1S/C10H13N3/c11-9-3-1-2-8(6-9)7-10-12-4-5-13-10/h1-3,6H,4-5,7,11H2,(H,12,13). The third-order valence-corrected chi connectivity index (χ3v) is 2.07. The van der Waals surface area contributed by atoms with Gasteiger partial charge in [-0.05, 0) is 17.7 Å². The van der Waals surface area contributed by atoms with E-state index >= 15 is 0 Å². The van der Waals surface area contributed by atoms with Crippen LogP contribution in [0, 0.1) is 0 Å². The van der Waals surface area contributed by atoms with Crippen LogP contribution in [0.1, 0.15) is 5.56 Å². The van der Waals surface area contributed by atoms with Gasteiger partial charge in [0.25, 0.3) is 0 Å². The van der Waals surface area contributed by atoms with Gasteiger partial charge in [0.15, 0.2) is 0 Å². The van der Waals surface area contributed by atoms with Gasteiger partial charge in [0.05, 0.1) is 6.54 Å². The Kier molecular flexibility index (Phi) is 2.17. The summed E-state index contributed by atoms with van der Waals surface area (Å²) in [6.45, 7) is 1.87. The van der Waals surface area contributed by atoms with Crippen molar-refractivity contribution < 1.29 is 0 Å². The summed E-state index contributed by atoms with van der Waals surface area (Å²) in [5.74, 6) is 1.07. The molecule has 1 aliphatic heterocycles. The lowest BCUT2D eigenvalue weighted by atomic mass is 10.1. The average Bonchev–Trinajstić information content (AvgIpc) is 2.57. The van der Waals surface area contributed by atoms with Crippen LogP contribution in [0.25, 0.3) is 0 Å².